The van der Waals surface area contributed by atoms with Crippen molar-refractivity contribution in [3.8, 4) is 0 Å². The van der Waals surface area contributed by atoms with Crippen LogP contribution in [0.1, 0.15) is 17.3 Å². The summed E-state index contributed by atoms with van der Waals surface area (Å²) < 4.78 is 33.1. The molecule has 1 unspecified atom stereocenters. The van der Waals surface area contributed by atoms with Crippen LogP contribution in [0.15, 0.2) is 12.1 Å². The third kappa shape index (κ3) is 4.11. The normalized spacial score (nSPS) is 12.9. The monoisotopic (exact) mass is 622 g/mol. The summed E-state index contributed by atoms with van der Waals surface area (Å²) in [7, 11) is 0. The van der Waals surface area contributed by atoms with E-state index in [2.05, 4.69) is 4.74 Å². The second-order valence-electron chi connectivity index (χ2n) is 3.72. The van der Waals surface area contributed by atoms with Gasteiger partial charge in [-0.3, -0.25) is 0 Å². The van der Waals surface area contributed by atoms with Gasteiger partial charge in [0, 0.05) is 10.7 Å². The zero-order chi connectivity index (χ0) is 15.7. The van der Waals surface area contributed by atoms with E-state index in [1.807, 2.05) is 73.8 Å². The van der Waals surface area contributed by atoms with Crippen LogP contribution in [0, 0.1) is 10.7 Å². The maximum atomic E-state index is 13.2. The molecule has 0 amide bonds. The standard InChI is InChI=1S/C11H7F2I3O4/c1-4(11(12,13)10(18)19)20-9(17)6-2-5(14)3-7(15)8(6)16/h2-4H,1H3,(H,18,19). The molecule has 9 heteroatoms. The summed E-state index contributed by atoms with van der Waals surface area (Å²) in [6.07, 6.45) is -2.06. The number of carbonyl (C=O) groups excluding carboxylic acids is 1. The van der Waals surface area contributed by atoms with Crippen LogP contribution in [0.4, 0.5) is 8.78 Å². The van der Waals surface area contributed by atoms with Gasteiger partial charge in [-0.15, -0.1) is 0 Å². The van der Waals surface area contributed by atoms with Gasteiger partial charge in [0.25, 0.3) is 0 Å². The average Bonchev–Trinajstić information content (AvgIpc) is 2.33. The first kappa shape index (κ1) is 18.3. The van der Waals surface area contributed by atoms with Crippen molar-refractivity contribution < 1.29 is 28.2 Å². The number of rotatable bonds is 4. The van der Waals surface area contributed by atoms with Crippen LogP contribution < -0.4 is 0 Å². The molecule has 0 aliphatic carbocycles. The molecule has 0 aliphatic heterocycles. The molecule has 20 heavy (non-hydrogen) atoms. The number of hydrogen-bond donors (Lipinski definition) is 1. The van der Waals surface area contributed by atoms with E-state index in [4.69, 9.17) is 5.11 Å². The predicted molar refractivity (Wildman–Crippen MR) is 92.1 cm³/mol. The maximum Gasteiger partial charge on any atom is 0.378 e. The fourth-order valence-electron chi connectivity index (χ4n) is 1.18. The number of carbonyl (C=O) groups is 2. The van der Waals surface area contributed by atoms with Crippen molar-refractivity contribution in [1.82, 2.24) is 0 Å². The van der Waals surface area contributed by atoms with Gasteiger partial charge in [0.1, 0.15) is 0 Å². The van der Waals surface area contributed by atoms with Crippen molar-refractivity contribution in [2.45, 2.75) is 19.0 Å². The average molecular weight is 622 g/mol. The molecule has 0 radical (unpaired) electrons. The predicted octanol–water partition coefficient (Wildman–Crippen LogP) is 3.77. The van der Waals surface area contributed by atoms with Crippen LogP contribution >= 0.6 is 67.8 Å². The van der Waals surface area contributed by atoms with E-state index in [-0.39, 0.29) is 5.56 Å². The molecule has 1 aromatic carbocycles. The number of carboxylic acids is 1. The lowest BCUT2D eigenvalue weighted by Crippen LogP contribution is -2.42. The lowest BCUT2D eigenvalue weighted by molar-refractivity contribution is -0.180. The molecule has 0 bridgehead atoms. The minimum Gasteiger partial charge on any atom is -0.477 e. The van der Waals surface area contributed by atoms with E-state index in [1.165, 1.54) is 6.07 Å². The van der Waals surface area contributed by atoms with Crippen LogP contribution in [0.3, 0.4) is 0 Å². The SMILES string of the molecule is CC(OC(=O)c1cc(I)cc(I)c1I)C(F)(F)C(=O)O. The Morgan fingerprint density at radius 2 is 1.85 bits per heavy atom. The van der Waals surface area contributed by atoms with E-state index in [0.717, 1.165) is 14.1 Å². The van der Waals surface area contributed by atoms with Gasteiger partial charge >= 0.3 is 17.9 Å². The number of halogens is 5. The summed E-state index contributed by atoms with van der Waals surface area (Å²) in [6.45, 7) is 0.845. The Morgan fingerprint density at radius 3 is 2.35 bits per heavy atom. The highest BCUT2D eigenvalue weighted by Gasteiger charge is 2.47. The molecule has 0 aromatic heterocycles. The van der Waals surface area contributed by atoms with Gasteiger partial charge in [-0.25, -0.2) is 9.59 Å². The zero-order valence-corrected chi connectivity index (χ0v) is 16.3. The molecule has 1 aromatic rings. The molecule has 0 spiro atoms. The molecule has 1 atom stereocenters. The van der Waals surface area contributed by atoms with Gasteiger partial charge in [0.2, 0.25) is 0 Å². The van der Waals surface area contributed by atoms with E-state index in [1.54, 1.807) is 0 Å². The van der Waals surface area contributed by atoms with Crippen molar-refractivity contribution in [3.63, 3.8) is 0 Å². The highest BCUT2D eigenvalue weighted by molar-refractivity contribution is 14.1. The van der Waals surface area contributed by atoms with Crippen LogP contribution in [-0.4, -0.2) is 29.1 Å². The van der Waals surface area contributed by atoms with Crippen LogP contribution in [0.5, 0.6) is 0 Å². The molecule has 0 heterocycles. The number of alkyl halides is 2. The highest BCUT2D eigenvalue weighted by atomic mass is 127. The van der Waals surface area contributed by atoms with Gasteiger partial charge in [-0.2, -0.15) is 8.78 Å². The Labute approximate surface area is 154 Å². The number of esters is 1. The summed E-state index contributed by atoms with van der Waals surface area (Å²) in [5.41, 5.74) is 0.134. The fraction of sp³-hybridized carbons (Fsp3) is 0.273. The van der Waals surface area contributed by atoms with Crippen LogP contribution in [0.2, 0.25) is 0 Å². The number of aliphatic carboxylic acids is 1. The van der Waals surface area contributed by atoms with Crippen molar-refractivity contribution in [1.29, 1.82) is 0 Å². The van der Waals surface area contributed by atoms with Gasteiger partial charge in [-0.05, 0) is 86.8 Å². The second kappa shape index (κ2) is 6.98. The topological polar surface area (TPSA) is 63.6 Å². The van der Waals surface area contributed by atoms with E-state index in [0.29, 0.717) is 3.57 Å². The largest absolute Gasteiger partial charge is 0.477 e. The lowest BCUT2D eigenvalue weighted by atomic mass is 10.2. The molecular weight excluding hydrogens is 615 g/mol. The summed E-state index contributed by atoms with van der Waals surface area (Å²) in [5, 5.41) is 8.39. The fourth-order valence-corrected chi connectivity index (χ4v) is 3.55. The Hall–Kier alpha value is 0.210. The van der Waals surface area contributed by atoms with E-state index >= 15 is 0 Å². The molecule has 0 fully saturated rings. The Kier molecular flexibility index (Phi) is 6.37. The van der Waals surface area contributed by atoms with Gasteiger partial charge in [0.15, 0.2) is 6.10 Å². The minimum atomic E-state index is -4.13. The molecule has 110 valence electrons. The van der Waals surface area contributed by atoms with Crippen molar-refractivity contribution >= 4 is 79.7 Å². The molecule has 0 aliphatic rings. The van der Waals surface area contributed by atoms with Gasteiger partial charge in [-0.1, -0.05) is 0 Å². The lowest BCUT2D eigenvalue weighted by Gasteiger charge is -2.20. The summed E-state index contributed by atoms with van der Waals surface area (Å²) in [4.78, 5) is 22.3. The van der Waals surface area contributed by atoms with Gasteiger partial charge < -0.3 is 9.84 Å². The first-order valence-corrected chi connectivity index (χ1v) is 8.27. The van der Waals surface area contributed by atoms with Crippen molar-refractivity contribution in [2.75, 3.05) is 0 Å². The third-order valence-corrected chi connectivity index (χ3v) is 5.96. The number of carboxylic acid groups (broad SMARTS) is 1. The van der Waals surface area contributed by atoms with E-state index in [9.17, 15) is 18.4 Å². The Morgan fingerprint density at radius 1 is 1.30 bits per heavy atom. The van der Waals surface area contributed by atoms with Gasteiger partial charge in [0.05, 0.1) is 5.56 Å². The number of benzene rings is 1. The molecule has 4 nitrogen and oxygen atoms in total. The zero-order valence-electron chi connectivity index (χ0n) is 9.79. The number of ether oxygens (including phenoxy) is 1. The Balaban J connectivity index is 3.01. The smallest absolute Gasteiger partial charge is 0.378 e. The van der Waals surface area contributed by atoms with E-state index < -0.39 is 24.0 Å². The van der Waals surface area contributed by atoms with Crippen molar-refractivity contribution in [3.05, 3.63) is 28.4 Å². The van der Waals surface area contributed by atoms with Crippen LogP contribution in [-0.2, 0) is 9.53 Å². The summed E-state index contributed by atoms with van der Waals surface area (Å²) >= 11 is 5.89. The molecule has 1 N–H and O–H groups in total. The molecular formula is C11H7F2I3O4. The number of hydrogen-bond acceptors (Lipinski definition) is 3. The van der Waals surface area contributed by atoms with Crippen molar-refractivity contribution in [2.24, 2.45) is 0 Å². The summed E-state index contributed by atoms with van der Waals surface area (Å²) in [6, 6.07) is 3.31. The summed E-state index contributed by atoms with van der Waals surface area (Å²) in [5.74, 6) is -7.43. The molecule has 1 rings (SSSR count). The molecule has 0 saturated heterocycles. The second-order valence-corrected chi connectivity index (χ2v) is 7.21. The first-order chi connectivity index (χ1) is 9.07. The molecule has 0 saturated carbocycles. The Bertz CT molecular complexity index is 563. The maximum absolute atomic E-state index is 13.2. The minimum absolute atomic E-state index is 0.134. The van der Waals surface area contributed by atoms with Crippen LogP contribution in [0.25, 0.3) is 0 Å². The quantitative estimate of drug-likeness (QED) is 0.316. The third-order valence-electron chi connectivity index (χ3n) is 2.29. The first-order valence-electron chi connectivity index (χ1n) is 5.04. The highest BCUT2D eigenvalue weighted by Crippen LogP contribution is 2.26.